The van der Waals surface area contributed by atoms with E-state index in [4.69, 9.17) is 10.8 Å². The Labute approximate surface area is 131 Å². The lowest BCUT2D eigenvalue weighted by Gasteiger charge is -2.14. The number of thiophene rings is 1. The Balaban J connectivity index is 1.53. The lowest BCUT2D eigenvalue weighted by molar-refractivity contribution is -0.114. The second-order valence-electron chi connectivity index (χ2n) is 5.50. The first-order valence-electron chi connectivity index (χ1n) is 7.20. The van der Waals surface area contributed by atoms with Crippen molar-refractivity contribution in [3.8, 4) is 0 Å². The molecule has 1 amide bonds. The van der Waals surface area contributed by atoms with Crippen LogP contribution in [-0.2, 0) is 11.2 Å². The van der Waals surface area contributed by atoms with Gasteiger partial charge in [-0.05, 0) is 31.4 Å². The first-order valence-corrected chi connectivity index (χ1v) is 8.01. The van der Waals surface area contributed by atoms with Crippen LogP contribution >= 0.6 is 11.3 Å². The largest absolute Gasteiger partial charge is 0.477 e. The molecule has 2 aliphatic rings. The van der Waals surface area contributed by atoms with E-state index in [0.29, 0.717) is 17.7 Å². The number of carbonyl (C=O) groups excluding carboxylic acids is 1. The Hall–Kier alpha value is -1.99. The minimum atomic E-state index is -0.887. The molecule has 7 heteroatoms. The van der Waals surface area contributed by atoms with Gasteiger partial charge in [-0.2, -0.15) is 0 Å². The molecule has 6 nitrogen and oxygen atoms in total. The van der Waals surface area contributed by atoms with Gasteiger partial charge in [0.15, 0.2) is 0 Å². The number of hydrogen-bond acceptors (Lipinski definition) is 5. The van der Waals surface area contributed by atoms with Gasteiger partial charge in [0.25, 0.3) is 5.91 Å². The number of dihydropyridines is 1. The molecular weight excluding hydrogens is 302 g/mol. The second-order valence-corrected chi connectivity index (χ2v) is 6.67. The van der Waals surface area contributed by atoms with Gasteiger partial charge >= 0.3 is 5.97 Å². The molecule has 1 aromatic heterocycles. The molecule has 3 rings (SSSR count). The van der Waals surface area contributed by atoms with E-state index in [1.54, 1.807) is 6.07 Å². The highest BCUT2D eigenvalue weighted by Crippen LogP contribution is 2.26. The molecule has 0 spiro atoms. The summed E-state index contributed by atoms with van der Waals surface area (Å²) in [5.74, 6) is -1.05. The highest BCUT2D eigenvalue weighted by Gasteiger charge is 2.29. The Morgan fingerprint density at radius 2 is 2.27 bits per heavy atom. The second kappa shape index (κ2) is 6.02. The van der Waals surface area contributed by atoms with Gasteiger partial charge in [0, 0.05) is 34.7 Å². The van der Waals surface area contributed by atoms with Gasteiger partial charge in [0.2, 0.25) is 0 Å². The number of aromatic carboxylic acids is 1. The van der Waals surface area contributed by atoms with Crippen LogP contribution in [0.5, 0.6) is 0 Å². The predicted molar refractivity (Wildman–Crippen MR) is 84.0 cm³/mol. The molecule has 0 saturated heterocycles. The maximum Gasteiger partial charge on any atom is 0.345 e. The van der Waals surface area contributed by atoms with Crippen molar-refractivity contribution in [2.24, 2.45) is 10.7 Å². The standard InChI is InChI=1S/C15H17N3O3S/c16-13-7-10-11(18-13)6-8(17-14(10)19)2-1-3-9-4-5-12(22-9)15(20)21/h4-5,13,18H,1-3,6-7,16H2,(H,20,21). The van der Waals surface area contributed by atoms with E-state index in [-0.39, 0.29) is 12.1 Å². The van der Waals surface area contributed by atoms with Gasteiger partial charge in [0.05, 0.1) is 6.17 Å². The molecule has 1 atom stereocenters. The summed E-state index contributed by atoms with van der Waals surface area (Å²) in [6.07, 6.45) is 3.42. The average molecular weight is 319 g/mol. The van der Waals surface area contributed by atoms with Crippen LogP contribution in [-0.4, -0.2) is 28.9 Å². The zero-order valence-electron chi connectivity index (χ0n) is 12.0. The van der Waals surface area contributed by atoms with E-state index < -0.39 is 5.97 Å². The zero-order valence-corrected chi connectivity index (χ0v) is 12.8. The number of nitrogens with zero attached hydrogens (tertiary/aromatic N) is 1. The molecule has 0 bridgehead atoms. The molecule has 4 N–H and O–H groups in total. The number of hydrogen-bond donors (Lipinski definition) is 3. The number of amides is 1. The van der Waals surface area contributed by atoms with E-state index in [2.05, 4.69) is 10.3 Å². The molecule has 0 aromatic carbocycles. The number of carbonyl (C=O) groups is 2. The Kier molecular flexibility index (Phi) is 4.08. The number of nitrogens with two attached hydrogens (primary N) is 1. The molecule has 1 aromatic rings. The minimum absolute atomic E-state index is 0.166. The SMILES string of the molecule is NC1CC2=C(CC(CCCc3ccc(C(=O)O)s3)=NC2=O)N1. The molecule has 0 fully saturated rings. The summed E-state index contributed by atoms with van der Waals surface area (Å²) in [5, 5.41) is 12.0. The number of aliphatic imine (C=N–C) groups is 1. The molecule has 0 aliphatic carbocycles. The summed E-state index contributed by atoms with van der Waals surface area (Å²) < 4.78 is 0. The molecular formula is C15H17N3O3S. The van der Waals surface area contributed by atoms with Gasteiger partial charge in [0.1, 0.15) is 4.88 Å². The summed E-state index contributed by atoms with van der Waals surface area (Å²) in [5.41, 5.74) is 8.32. The average Bonchev–Trinajstić information content (AvgIpc) is 3.05. The van der Waals surface area contributed by atoms with Gasteiger partial charge in [-0.15, -0.1) is 11.3 Å². The monoisotopic (exact) mass is 319 g/mol. The van der Waals surface area contributed by atoms with Crippen molar-refractivity contribution >= 4 is 28.9 Å². The molecule has 22 heavy (non-hydrogen) atoms. The lowest BCUT2D eigenvalue weighted by Crippen LogP contribution is -2.31. The van der Waals surface area contributed by atoms with E-state index >= 15 is 0 Å². The van der Waals surface area contributed by atoms with Crippen LogP contribution < -0.4 is 11.1 Å². The third-order valence-corrected chi connectivity index (χ3v) is 4.94. The van der Waals surface area contributed by atoms with Gasteiger partial charge in [-0.1, -0.05) is 0 Å². The summed E-state index contributed by atoms with van der Waals surface area (Å²) in [7, 11) is 0. The van der Waals surface area contributed by atoms with Crippen molar-refractivity contribution in [1.82, 2.24) is 5.32 Å². The fraction of sp³-hybridized carbons (Fsp3) is 0.400. The zero-order chi connectivity index (χ0) is 15.7. The van der Waals surface area contributed by atoms with E-state index in [9.17, 15) is 9.59 Å². The quantitative estimate of drug-likeness (QED) is 0.766. The van der Waals surface area contributed by atoms with Crippen molar-refractivity contribution in [2.45, 2.75) is 38.3 Å². The van der Waals surface area contributed by atoms with Crippen molar-refractivity contribution in [3.63, 3.8) is 0 Å². The molecule has 116 valence electrons. The third kappa shape index (κ3) is 3.10. The number of carboxylic acids is 1. The minimum Gasteiger partial charge on any atom is -0.477 e. The number of carboxylic acid groups (broad SMARTS) is 1. The van der Waals surface area contributed by atoms with Gasteiger partial charge < -0.3 is 16.2 Å². The van der Waals surface area contributed by atoms with E-state index in [1.807, 2.05) is 6.07 Å². The van der Waals surface area contributed by atoms with E-state index in [0.717, 1.165) is 41.1 Å². The highest BCUT2D eigenvalue weighted by molar-refractivity contribution is 7.13. The summed E-state index contributed by atoms with van der Waals surface area (Å²) in [6, 6.07) is 3.48. The Morgan fingerprint density at radius 3 is 3.00 bits per heavy atom. The van der Waals surface area contributed by atoms with Crippen molar-refractivity contribution < 1.29 is 14.7 Å². The number of allylic oxidation sites excluding steroid dienone is 1. The number of rotatable bonds is 5. The predicted octanol–water partition coefficient (Wildman–Crippen LogP) is 1.67. The van der Waals surface area contributed by atoms with Crippen LogP contribution in [0.15, 0.2) is 28.4 Å². The highest BCUT2D eigenvalue weighted by atomic mass is 32.1. The topological polar surface area (TPSA) is 105 Å². The lowest BCUT2D eigenvalue weighted by atomic mass is 10.0. The van der Waals surface area contributed by atoms with E-state index in [1.165, 1.54) is 11.3 Å². The van der Waals surface area contributed by atoms with Gasteiger partial charge in [-0.25, -0.2) is 9.79 Å². The maximum absolute atomic E-state index is 11.9. The molecule has 3 heterocycles. The number of nitrogens with one attached hydrogen (secondary N) is 1. The summed E-state index contributed by atoms with van der Waals surface area (Å²) in [4.78, 5) is 28.3. The maximum atomic E-state index is 11.9. The first-order chi connectivity index (χ1) is 10.5. The van der Waals surface area contributed by atoms with Gasteiger partial charge in [-0.3, -0.25) is 4.79 Å². The molecule has 0 radical (unpaired) electrons. The summed E-state index contributed by atoms with van der Waals surface area (Å²) in [6.45, 7) is 0. The fourth-order valence-electron chi connectivity index (χ4n) is 2.77. The molecule has 2 aliphatic heterocycles. The van der Waals surface area contributed by atoms with Crippen molar-refractivity contribution in [2.75, 3.05) is 0 Å². The number of aryl methyl sites for hydroxylation is 1. The third-order valence-electron chi connectivity index (χ3n) is 3.81. The van der Waals surface area contributed by atoms with Crippen LogP contribution in [0.25, 0.3) is 0 Å². The smallest absolute Gasteiger partial charge is 0.345 e. The van der Waals surface area contributed by atoms with Crippen molar-refractivity contribution in [3.05, 3.63) is 33.2 Å². The van der Waals surface area contributed by atoms with Crippen LogP contribution in [0.3, 0.4) is 0 Å². The van der Waals surface area contributed by atoms with Crippen LogP contribution in [0.2, 0.25) is 0 Å². The first kappa shape index (κ1) is 14.9. The Morgan fingerprint density at radius 1 is 1.45 bits per heavy atom. The van der Waals surface area contributed by atoms with Crippen LogP contribution in [0.1, 0.15) is 40.2 Å². The molecule has 1 unspecified atom stereocenters. The van der Waals surface area contributed by atoms with Crippen LogP contribution in [0.4, 0.5) is 0 Å². The van der Waals surface area contributed by atoms with Crippen molar-refractivity contribution in [1.29, 1.82) is 0 Å². The summed E-state index contributed by atoms with van der Waals surface area (Å²) >= 11 is 1.30. The Bertz CT molecular complexity index is 690. The fourth-order valence-corrected chi connectivity index (χ4v) is 3.66. The normalized spacial score (nSPS) is 20.7. The molecule has 0 saturated carbocycles. The van der Waals surface area contributed by atoms with Crippen LogP contribution in [0, 0.1) is 0 Å².